The van der Waals surface area contributed by atoms with Gasteiger partial charge >= 0.3 is 0 Å². The van der Waals surface area contributed by atoms with E-state index in [0.29, 0.717) is 0 Å². The Labute approximate surface area is 115 Å². The molecule has 1 aromatic rings. The summed E-state index contributed by atoms with van der Waals surface area (Å²) in [5, 5.41) is 5.72. The highest BCUT2D eigenvalue weighted by Gasteiger charge is 2.20. The molecule has 1 aromatic heterocycles. The van der Waals surface area contributed by atoms with Crippen LogP contribution >= 0.6 is 11.3 Å². The Hall–Kier alpha value is -0.380. The smallest absolute Gasteiger partial charge is 0.0300 e. The van der Waals surface area contributed by atoms with E-state index in [2.05, 4.69) is 34.7 Å². The SMILES string of the molecule is CCCC1CCCCN1CCNCc1cccs1. The predicted octanol–water partition coefficient (Wildman–Crippen LogP) is 3.49. The van der Waals surface area contributed by atoms with Gasteiger partial charge in [-0.25, -0.2) is 0 Å². The molecule has 2 heterocycles. The Morgan fingerprint density at radius 3 is 3.17 bits per heavy atom. The zero-order chi connectivity index (χ0) is 12.6. The highest BCUT2D eigenvalue weighted by Crippen LogP contribution is 2.20. The van der Waals surface area contributed by atoms with Gasteiger partial charge in [-0.15, -0.1) is 11.3 Å². The highest BCUT2D eigenvalue weighted by atomic mass is 32.1. The summed E-state index contributed by atoms with van der Waals surface area (Å²) in [4.78, 5) is 4.15. The van der Waals surface area contributed by atoms with Gasteiger partial charge in [0, 0.05) is 30.6 Å². The fraction of sp³-hybridized carbons (Fsp3) is 0.733. The molecule has 0 amide bonds. The summed E-state index contributed by atoms with van der Waals surface area (Å²) in [6, 6.07) is 5.19. The van der Waals surface area contributed by atoms with Crippen LogP contribution in [0.4, 0.5) is 0 Å². The van der Waals surface area contributed by atoms with Crippen molar-refractivity contribution in [2.45, 2.75) is 51.6 Å². The molecule has 0 aliphatic carbocycles. The van der Waals surface area contributed by atoms with Crippen molar-refractivity contribution in [1.82, 2.24) is 10.2 Å². The molecule has 2 nitrogen and oxygen atoms in total. The van der Waals surface area contributed by atoms with E-state index < -0.39 is 0 Å². The van der Waals surface area contributed by atoms with E-state index in [1.807, 2.05) is 11.3 Å². The van der Waals surface area contributed by atoms with Gasteiger partial charge in [-0.3, -0.25) is 4.90 Å². The van der Waals surface area contributed by atoms with Gasteiger partial charge in [0.15, 0.2) is 0 Å². The van der Waals surface area contributed by atoms with Crippen LogP contribution in [0.3, 0.4) is 0 Å². The Balaban J connectivity index is 1.64. The molecule has 0 bridgehead atoms. The van der Waals surface area contributed by atoms with Crippen LogP contribution in [0.2, 0.25) is 0 Å². The van der Waals surface area contributed by atoms with Gasteiger partial charge in [-0.05, 0) is 37.3 Å². The van der Waals surface area contributed by atoms with Crippen LogP contribution in [-0.4, -0.2) is 30.6 Å². The molecule has 102 valence electrons. The van der Waals surface area contributed by atoms with Crippen molar-refractivity contribution in [2.24, 2.45) is 0 Å². The van der Waals surface area contributed by atoms with Crippen LogP contribution in [0.25, 0.3) is 0 Å². The van der Waals surface area contributed by atoms with Crippen LogP contribution in [0.5, 0.6) is 0 Å². The Bertz CT molecular complexity index is 308. The van der Waals surface area contributed by atoms with E-state index in [9.17, 15) is 0 Å². The molecule has 1 aliphatic heterocycles. The van der Waals surface area contributed by atoms with E-state index in [4.69, 9.17) is 0 Å². The van der Waals surface area contributed by atoms with E-state index in [0.717, 1.165) is 19.1 Å². The van der Waals surface area contributed by atoms with Gasteiger partial charge in [0.2, 0.25) is 0 Å². The molecule has 1 unspecified atom stereocenters. The minimum Gasteiger partial charge on any atom is -0.311 e. The lowest BCUT2D eigenvalue weighted by molar-refractivity contribution is 0.140. The molecule has 1 N–H and O–H groups in total. The second-order valence-electron chi connectivity index (χ2n) is 5.23. The minimum absolute atomic E-state index is 0.854. The fourth-order valence-electron chi connectivity index (χ4n) is 2.86. The van der Waals surface area contributed by atoms with Crippen LogP contribution in [0.1, 0.15) is 43.9 Å². The largest absolute Gasteiger partial charge is 0.311 e. The highest BCUT2D eigenvalue weighted by molar-refractivity contribution is 7.09. The molecular weight excluding hydrogens is 240 g/mol. The second-order valence-corrected chi connectivity index (χ2v) is 6.26. The molecule has 0 saturated carbocycles. The van der Waals surface area contributed by atoms with Crippen LogP contribution < -0.4 is 5.32 Å². The molecule has 1 fully saturated rings. The van der Waals surface area contributed by atoms with Crippen LogP contribution in [0, 0.1) is 0 Å². The maximum Gasteiger partial charge on any atom is 0.0300 e. The number of thiophene rings is 1. The van der Waals surface area contributed by atoms with Crippen molar-refractivity contribution in [1.29, 1.82) is 0 Å². The molecule has 1 aliphatic rings. The van der Waals surface area contributed by atoms with Crippen molar-refractivity contribution in [2.75, 3.05) is 19.6 Å². The number of nitrogens with zero attached hydrogens (tertiary/aromatic N) is 1. The summed E-state index contributed by atoms with van der Waals surface area (Å²) in [5.74, 6) is 0. The lowest BCUT2D eigenvalue weighted by atomic mass is 9.98. The lowest BCUT2D eigenvalue weighted by Crippen LogP contribution is -2.42. The van der Waals surface area contributed by atoms with Gasteiger partial charge in [0.05, 0.1) is 0 Å². The predicted molar refractivity (Wildman–Crippen MR) is 80.1 cm³/mol. The zero-order valence-corrected chi connectivity index (χ0v) is 12.3. The lowest BCUT2D eigenvalue weighted by Gasteiger charge is -2.35. The Morgan fingerprint density at radius 2 is 2.39 bits per heavy atom. The third kappa shape index (κ3) is 4.38. The zero-order valence-electron chi connectivity index (χ0n) is 11.5. The fourth-order valence-corrected chi connectivity index (χ4v) is 3.54. The van der Waals surface area contributed by atoms with E-state index in [1.54, 1.807) is 0 Å². The van der Waals surface area contributed by atoms with E-state index >= 15 is 0 Å². The summed E-state index contributed by atoms with van der Waals surface area (Å²) in [6.45, 7) is 6.99. The summed E-state index contributed by atoms with van der Waals surface area (Å²) >= 11 is 1.84. The van der Waals surface area contributed by atoms with Crippen LogP contribution in [0.15, 0.2) is 17.5 Å². The van der Waals surface area contributed by atoms with Crippen molar-refractivity contribution >= 4 is 11.3 Å². The van der Waals surface area contributed by atoms with Gasteiger partial charge in [-0.1, -0.05) is 25.8 Å². The molecule has 0 aromatic carbocycles. The number of hydrogen-bond acceptors (Lipinski definition) is 3. The summed E-state index contributed by atoms with van der Waals surface area (Å²) in [7, 11) is 0. The van der Waals surface area contributed by atoms with Crippen LogP contribution in [-0.2, 0) is 6.54 Å². The van der Waals surface area contributed by atoms with Gasteiger partial charge in [0.25, 0.3) is 0 Å². The van der Waals surface area contributed by atoms with Crippen molar-refractivity contribution in [3.8, 4) is 0 Å². The average molecular weight is 266 g/mol. The third-order valence-electron chi connectivity index (χ3n) is 3.83. The third-order valence-corrected chi connectivity index (χ3v) is 4.70. The summed E-state index contributed by atoms with van der Waals surface area (Å²) in [5.41, 5.74) is 0. The number of likely N-dealkylation sites (tertiary alicyclic amines) is 1. The standard InChI is InChI=1S/C15H26N2S/c1-2-6-14-7-3-4-10-17(14)11-9-16-13-15-8-5-12-18-15/h5,8,12,14,16H,2-4,6-7,9-11,13H2,1H3. The number of rotatable bonds is 7. The van der Waals surface area contributed by atoms with Crippen molar-refractivity contribution in [3.05, 3.63) is 22.4 Å². The summed E-state index contributed by atoms with van der Waals surface area (Å²) in [6.07, 6.45) is 6.95. The van der Waals surface area contributed by atoms with Gasteiger partial charge in [-0.2, -0.15) is 0 Å². The van der Waals surface area contributed by atoms with Gasteiger partial charge < -0.3 is 5.32 Å². The topological polar surface area (TPSA) is 15.3 Å². The number of hydrogen-bond donors (Lipinski definition) is 1. The number of piperidine rings is 1. The maximum atomic E-state index is 3.57. The first-order chi connectivity index (χ1) is 8.90. The van der Waals surface area contributed by atoms with E-state index in [1.165, 1.54) is 50.1 Å². The van der Waals surface area contributed by atoms with Crippen molar-refractivity contribution in [3.63, 3.8) is 0 Å². The Kier molecular flexibility index (Phi) is 6.18. The minimum atomic E-state index is 0.854. The van der Waals surface area contributed by atoms with Crippen molar-refractivity contribution < 1.29 is 0 Å². The molecule has 2 rings (SSSR count). The monoisotopic (exact) mass is 266 g/mol. The first kappa shape index (κ1) is 14.0. The molecule has 18 heavy (non-hydrogen) atoms. The molecular formula is C15H26N2S. The van der Waals surface area contributed by atoms with E-state index in [-0.39, 0.29) is 0 Å². The average Bonchev–Trinajstić information content (AvgIpc) is 2.90. The first-order valence-corrected chi connectivity index (χ1v) is 8.25. The normalized spacial score (nSPS) is 21.3. The maximum absolute atomic E-state index is 3.57. The molecule has 1 atom stereocenters. The second kappa shape index (κ2) is 7.93. The first-order valence-electron chi connectivity index (χ1n) is 7.37. The molecule has 0 radical (unpaired) electrons. The molecule has 0 spiro atoms. The Morgan fingerprint density at radius 1 is 1.44 bits per heavy atom. The number of nitrogens with one attached hydrogen (secondary N) is 1. The molecule has 3 heteroatoms. The summed E-state index contributed by atoms with van der Waals surface area (Å²) < 4.78 is 0. The van der Waals surface area contributed by atoms with Gasteiger partial charge in [0.1, 0.15) is 0 Å². The quantitative estimate of drug-likeness (QED) is 0.760. The molecule has 1 saturated heterocycles.